The van der Waals surface area contributed by atoms with Gasteiger partial charge in [-0.1, -0.05) is 29.8 Å². The van der Waals surface area contributed by atoms with E-state index >= 15 is 0 Å². The fraction of sp³-hybridized carbons (Fsp3) is 0.0909. The van der Waals surface area contributed by atoms with E-state index in [1.54, 1.807) is 30.2 Å². The number of hydrogen-bond donors (Lipinski definition) is 1. The van der Waals surface area contributed by atoms with Gasteiger partial charge in [-0.05, 0) is 6.07 Å². The van der Waals surface area contributed by atoms with Crippen molar-refractivity contribution in [1.82, 2.24) is 0 Å². The van der Waals surface area contributed by atoms with Gasteiger partial charge in [-0.15, -0.1) is 0 Å². The first-order valence-corrected chi connectivity index (χ1v) is 4.84. The molecule has 1 unspecified atom stereocenters. The monoisotopic (exact) mass is 235 g/mol. The van der Waals surface area contributed by atoms with E-state index in [9.17, 15) is 9.59 Å². The van der Waals surface area contributed by atoms with Gasteiger partial charge in [0.2, 0.25) is 0 Å². The molecule has 1 aromatic carbocycles. The van der Waals surface area contributed by atoms with Gasteiger partial charge >= 0.3 is 5.97 Å². The first-order valence-electron chi connectivity index (χ1n) is 4.46. The second-order valence-corrected chi connectivity index (χ2v) is 3.63. The maximum Gasteiger partial charge on any atom is 0.318 e. The maximum absolute atomic E-state index is 11.0. The van der Waals surface area contributed by atoms with Crippen molar-refractivity contribution in [2.75, 3.05) is 0 Å². The molecule has 0 radical (unpaired) electrons. The Morgan fingerprint density at radius 2 is 2.12 bits per heavy atom. The first-order chi connectivity index (χ1) is 7.65. The summed E-state index contributed by atoms with van der Waals surface area (Å²) in [4.78, 5) is 25.8. The van der Waals surface area contributed by atoms with Crippen LogP contribution < -0.4 is 0 Å². The third kappa shape index (κ3) is 1.54. The second-order valence-electron chi connectivity index (χ2n) is 3.24. The molecule has 2 rings (SSSR count). The number of carboxylic acid groups (broad SMARTS) is 1. The number of halogens is 1. The molecule has 0 saturated heterocycles. The second kappa shape index (κ2) is 3.93. The fourth-order valence-corrected chi connectivity index (χ4v) is 1.89. The Kier molecular flexibility index (Phi) is 2.60. The van der Waals surface area contributed by atoms with Gasteiger partial charge in [0.25, 0.3) is 0 Å². The van der Waals surface area contributed by atoms with Crippen LogP contribution in [0.25, 0.3) is 5.57 Å². The van der Waals surface area contributed by atoms with Gasteiger partial charge in [0.15, 0.2) is 0 Å². The highest BCUT2D eigenvalue weighted by molar-refractivity contribution is 6.69. The summed E-state index contributed by atoms with van der Waals surface area (Å²) in [6, 6.07) is 6.71. The molecule has 0 aliphatic carbocycles. The number of carbonyl (C=O) groups is 1. The van der Waals surface area contributed by atoms with E-state index in [4.69, 9.17) is 16.7 Å². The van der Waals surface area contributed by atoms with Crippen molar-refractivity contribution in [3.8, 4) is 0 Å². The summed E-state index contributed by atoms with van der Waals surface area (Å²) >= 11 is 5.75. The number of rotatable bonds is 1. The number of hydrogen-bond acceptors (Lipinski definition) is 3. The summed E-state index contributed by atoms with van der Waals surface area (Å²) in [5.74, 6) is -0.778. The lowest BCUT2D eigenvalue weighted by atomic mass is 9.91. The first kappa shape index (κ1) is 10.6. The number of nitrogens with zero attached hydrogens (tertiary/aromatic N) is 1. The van der Waals surface area contributed by atoms with Gasteiger partial charge < -0.3 is 5.11 Å². The summed E-state index contributed by atoms with van der Waals surface area (Å²) in [6.45, 7) is 0. The highest BCUT2D eigenvalue weighted by atomic mass is 35.5. The topological polar surface area (TPSA) is 66.7 Å². The number of carbonyl (C=O) groups excluding carboxylic acids is 1. The smallest absolute Gasteiger partial charge is 0.318 e. The Hall–Kier alpha value is -1.90. The summed E-state index contributed by atoms with van der Waals surface area (Å²) in [5, 5.41) is 8.85. The lowest BCUT2D eigenvalue weighted by Crippen LogP contribution is -2.24. The molecular formula is C11H6ClNO3. The highest BCUT2D eigenvalue weighted by Gasteiger charge is 2.33. The average molecular weight is 236 g/mol. The van der Waals surface area contributed by atoms with Crippen LogP contribution >= 0.6 is 11.6 Å². The molecule has 1 aliphatic heterocycles. The minimum atomic E-state index is -1.21. The Morgan fingerprint density at radius 1 is 1.44 bits per heavy atom. The molecule has 1 heterocycles. The van der Waals surface area contributed by atoms with E-state index in [1.165, 1.54) is 0 Å². The number of carboxylic acids is 1. The molecule has 0 bridgehead atoms. The van der Waals surface area contributed by atoms with Crippen LogP contribution in [0.4, 0.5) is 5.69 Å². The van der Waals surface area contributed by atoms with Gasteiger partial charge in [-0.3, -0.25) is 4.79 Å². The molecule has 0 spiro atoms. The van der Waals surface area contributed by atoms with Crippen LogP contribution in [0.2, 0.25) is 0 Å². The molecule has 0 fully saturated rings. The van der Waals surface area contributed by atoms with E-state index in [1.807, 2.05) is 0 Å². The quantitative estimate of drug-likeness (QED) is 0.756. The van der Waals surface area contributed by atoms with Crippen molar-refractivity contribution in [3.05, 3.63) is 29.8 Å². The van der Waals surface area contributed by atoms with Crippen molar-refractivity contribution in [2.45, 2.75) is 0 Å². The predicted molar refractivity (Wildman–Crippen MR) is 59.6 cm³/mol. The van der Waals surface area contributed by atoms with Gasteiger partial charge in [0, 0.05) is 5.56 Å². The van der Waals surface area contributed by atoms with Gasteiger partial charge in [-0.25, -0.2) is 9.79 Å². The number of para-hydroxylation sites is 1. The maximum atomic E-state index is 11.0. The number of fused-ring (bicyclic) bond motifs is 1. The Morgan fingerprint density at radius 3 is 2.75 bits per heavy atom. The average Bonchev–Trinajstić information content (AvgIpc) is 2.26. The Bertz CT molecular complexity index is 544. The zero-order valence-corrected chi connectivity index (χ0v) is 8.73. The molecule has 1 atom stereocenters. The van der Waals surface area contributed by atoms with Crippen LogP contribution in [0, 0.1) is 5.92 Å². The third-order valence-corrected chi connectivity index (χ3v) is 2.61. The predicted octanol–water partition coefficient (Wildman–Crippen LogP) is 1.88. The summed E-state index contributed by atoms with van der Waals surface area (Å²) in [6.07, 6.45) is 0. The molecule has 0 amide bonds. The molecular weight excluding hydrogens is 230 g/mol. The van der Waals surface area contributed by atoms with Gasteiger partial charge in [0.1, 0.15) is 17.0 Å². The van der Waals surface area contributed by atoms with Crippen LogP contribution in [-0.4, -0.2) is 22.2 Å². The van der Waals surface area contributed by atoms with E-state index in [0.29, 0.717) is 11.3 Å². The van der Waals surface area contributed by atoms with Crippen LogP contribution in [0.3, 0.4) is 0 Å². The molecule has 5 heteroatoms. The third-order valence-electron chi connectivity index (χ3n) is 2.31. The van der Waals surface area contributed by atoms with Gasteiger partial charge in [-0.2, -0.15) is 0 Å². The minimum Gasteiger partial charge on any atom is -0.480 e. The lowest BCUT2D eigenvalue weighted by molar-refractivity contribution is -0.137. The van der Waals surface area contributed by atoms with Crippen LogP contribution in [0.1, 0.15) is 5.56 Å². The largest absolute Gasteiger partial charge is 0.480 e. The van der Waals surface area contributed by atoms with Crippen molar-refractivity contribution in [3.63, 3.8) is 0 Å². The van der Waals surface area contributed by atoms with E-state index in [-0.39, 0.29) is 10.7 Å². The molecule has 0 saturated carbocycles. The van der Waals surface area contributed by atoms with E-state index in [2.05, 4.69) is 4.99 Å². The van der Waals surface area contributed by atoms with Gasteiger partial charge in [0.05, 0.1) is 11.3 Å². The van der Waals surface area contributed by atoms with E-state index in [0.717, 1.165) is 0 Å². The van der Waals surface area contributed by atoms with Crippen LogP contribution in [-0.2, 0) is 9.59 Å². The Balaban J connectivity index is 2.69. The summed E-state index contributed by atoms with van der Waals surface area (Å²) < 4.78 is 0. The zero-order valence-electron chi connectivity index (χ0n) is 7.98. The van der Waals surface area contributed by atoms with E-state index < -0.39 is 11.9 Å². The van der Waals surface area contributed by atoms with Crippen molar-refractivity contribution in [2.24, 2.45) is 10.9 Å². The molecule has 16 heavy (non-hydrogen) atoms. The molecule has 1 aliphatic rings. The van der Waals surface area contributed by atoms with Crippen molar-refractivity contribution < 1.29 is 14.7 Å². The highest BCUT2D eigenvalue weighted by Crippen LogP contribution is 2.36. The minimum absolute atomic E-state index is 0.0168. The SMILES string of the molecule is O=C=C1c2ccccc2N=C(Cl)C1C(=O)O. The molecule has 0 aromatic heterocycles. The number of aliphatic carboxylic acids is 1. The van der Waals surface area contributed by atoms with Crippen LogP contribution in [0.15, 0.2) is 29.3 Å². The number of aliphatic imine (C=N–C) groups is 1. The summed E-state index contributed by atoms with van der Waals surface area (Å²) in [7, 11) is 0. The lowest BCUT2D eigenvalue weighted by Gasteiger charge is -2.18. The fourth-order valence-electron chi connectivity index (χ4n) is 1.59. The summed E-state index contributed by atoms with van der Waals surface area (Å²) in [5.41, 5.74) is 0.973. The zero-order chi connectivity index (χ0) is 11.7. The van der Waals surface area contributed by atoms with Crippen LogP contribution in [0.5, 0.6) is 0 Å². The normalized spacial score (nSPS) is 18.4. The molecule has 4 nitrogen and oxygen atoms in total. The van der Waals surface area contributed by atoms with Crippen molar-refractivity contribution >= 4 is 39.9 Å². The van der Waals surface area contributed by atoms with Crippen molar-refractivity contribution in [1.29, 1.82) is 0 Å². The Labute approximate surface area is 95.9 Å². The number of benzene rings is 1. The standard InChI is InChI=1S/C11H6ClNO3/c12-10-9(11(15)16)7(5-14)6-3-1-2-4-8(6)13-10/h1-4,9H,(H,15,16). The molecule has 1 N–H and O–H groups in total. The molecule has 80 valence electrons. The molecule has 1 aromatic rings.